The van der Waals surface area contributed by atoms with Gasteiger partial charge in [-0.3, -0.25) is 14.5 Å². The van der Waals surface area contributed by atoms with E-state index in [9.17, 15) is 14.4 Å². The predicted octanol–water partition coefficient (Wildman–Crippen LogP) is 3.81. The van der Waals surface area contributed by atoms with Crippen LogP contribution < -0.4 is 10.2 Å². The zero-order chi connectivity index (χ0) is 24.8. The van der Waals surface area contributed by atoms with Crippen LogP contribution in [0.3, 0.4) is 0 Å². The van der Waals surface area contributed by atoms with Gasteiger partial charge in [-0.05, 0) is 31.5 Å². The minimum Gasteiger partial charge on any atom is -0.461 e. The summed E-state index contributed by atoms with van der Waals surface area (Å²) in [6, 6.07) is 4.74. The maximum atomic E-state index is 12.6. The molecule has 0 saturated heterocycles. The average Bonchev–Trinajstić information content (AvgIpc) is 3.42. The van der Waals surface area contributed by atoms with Gasteiger partial charge in [-0.1, -0.05) is 35.0 Å². The molecule has 0 bridgehead atoms. The van der Waals surface area contributed by atoms with Crippen LogP contribution >= 0.6 is 22.9 Å². The monoisotopic (exact) mass is 505 g/mol. The summed E-state index contributed by atoms with van der Waals surface area (Å²) in [5, 5.41) is 7.26. The van der Waals surface area contributed by atoms with Crippen LogP contribution in [0.15, 0.2) is 22.7 Å². The molecule has 3 rings (SSSR count). The molecule has 0 saturated carbocycles. The number of esters is 1. The number of hydrogen-bond acceptors (Lipinski definition) is 9. The third kappa shape index (κ3) is 6.17. The van der Waals surface area contributed by atoms with E-state index in [4.69, 9.17) is 20.9 Å². The van der Waals surface area contributed by atoms with E-state index in [1.165, 1.54) is 11.0 Å². The SMILES string of the molecule is CCCOC(=O)c1sc(N(C)C(=O)CCNC(=O)c2cc(Cl)cc(-c3noc(C)n3)c2)nc1C. The number of carbonyl (C=O) groups is 3. The molecule has 0 aliphatic carbocycles. The number of thiazole rings is 1. The van der Waals surface area contributed by atoms with E-state index < -0.39 is 11.9 Å². The second kappa shape index (κ2) is 11.2. The Labute approximate surface area is 205 Å². The predicted molar refractivity (Wildman–Crippen MR) is 127 cm³/mol. The zero-order valence-corrected chi connectivity index (χ0v) is 20.7. The number of carbonyl (C=O) groups excluding carboxylic acids is 3. The van der Waals surface area contributed by atoms with E-state index in [1.54, 1.807) is 33.0 Å². The number of halogens is 1. The van der Waals surface area contributed by atoms with Gasteiger partial charge in [0, 0.05) is 43.1 Å². The number of ether oxygens (including phenoxy) is 1. The molecule has 0 spiro atoms. The molecule has 0 aliphatic rings. The van der Waals surface area contributed by atoms with Crippen molar-refractivity contribution in [3.05, 3.63) is 45.2 Å². The Bertz CT molecular complexity index is 1210. The van der Waals surface area contributed by atoms with Crippen molar-refractivity contribution < 1.29 is 23.6 Å². The van der Waals surface area contributed by atoms with Gasteiger partial charge < -0.3 is 14.6 Å². The van der Waals surface area contributed by atoms with E-state index in [0.29, 0.717) is 56.6 Å². The Hall–Kier alpha value is -3.31. The fourth-order valence-electron chi connectivity index (χ4n) is 2.90. The molecule has 12 heteroatoms. The second-order valence-electron chi connectivity index (χ2n) is 7.37. The maximum absolute atomic E-state index is 12.6. The summed E-state index contributed by atoms with van der Waals surface area (Å²) >= 11 is 7.24. The smallest absolute Gasteiger partial charge is 0.350 e. The molecule has 0 atom stereocenters. The van der Waals surface area contributed by atoms with Gasteiger partial charge in [-0.2, -0.15) is 4.98 Å². The minimum atomic E-state index is -0.451. The van der Waals surface area contributed by atoms with Gasteiger partial charge in [0.25, 0.3) is 5.91 Å². The Balaban J connectivity index is 1.58. The minimum absolute atomic E-state index is 0.0357. The van der Waals surface area contributed by atoms with Gasteiger partial charge in [0.2, 0.25) is 17.6 Å². The molecule has 3 aromatic rings. The molecule has 1 aromatic carbocycles. The molecule has 2 aromatic heterocycles. The van der Waals surface area contributed by atoms with Crippen LogP contribution in [0.4, 0.5) is 5.13 Å². The summed E-state index contributed by atoms with van der Waals surface area (Å²) < 4.78 is 10.1. The first kappa shape index (κ1) is 25.3. The third-order valence-corrected chi connectivity index (χ3v) is 6.07. The Morgan fingerprint density at radius 2 is 1.97 bits per heavy atom. The zero-order valence-electron chi connectivity index (χ0n) is 19.2. The highest BCUT2D eigenvalue weighted by Gasteiger charge is 2.21. The summed E-state index contributed by atoms with van der Waals surface area (Å²) in [6.45, 7) is 5.68. The summed E-state index contributed by atoms with van der Waals surface area (Å²) in [5.74, 6) is -0.401. The lowest BCUT2D eigenvalue weighted by Gasteiger charge is -2.14. The Morgan fingerprint density at radius 3 is 2.65 bits per heavy atom. The van der Waals surface area contributed by atoms with Crippen molar-refractivity contribution in [2.45, 2.75) is 33.6 Å². The number of aromatic nitrogens is 3. The summed E-state index contributed by atoms with van der Waals surface area (Å²) in [5.41, 5.74) is 1.34. The molecule has 10 nitrogen and oxygen atoms in total. The maximum Gasteiger partial charge on any atom is 0.350 e. The van der Waals surface area contributed by atoms with Crippen molar-refractivity contribution in [3.8, 4) is 11.4 Å². The first-order chi connectivity index (χ1) is 16.2. The van der Waals surface area contributed by atoms with Crippen molar-refractivity contribution in [1.29, 1.82) is 0 Å². The lowest BCUT2D eigenvalue weighted by molar-refractivity contribution is -0.118. The molecule has 1 N–H and O–H groups in total. The van der Waals surface area contributed by atoms with E-state index in [1.807, 2.05) is 6.92 Å². The molecule has 34 heavy (non-hydrogen) atoms. The first-order valence-electron chi connectivity index (χ1n) is 10.5. The van der Waals surface area contributed by atoms with Gasteiger partial charge >= 0.3 is 5.97 Å². The van der Waals surface area contributed by atoms with Gasteiger partial charge in [-0.15, -0.1) is 0 Å². The Morgan fingerprint density at radius 1 is 1.21 bits per heavy atom. The molecule has 0 radical (unpaired) electrons. The highest BCUT2D eigenvalue weighted by atomic mass is 35.5. The topological polar surface area (TPSA) is 128 Å². The molecule has 0 fully saturated rings. The second-order valence-corrected chi connectivity index (χ2v) is 8.79. The lowest BCUT2D eigenvalue weighted by Crippen LogP contribution is -2.32. The molecule has 2 heterocycles. The molecule has 0 aliphatic heterocycles. The van der Waals surface area contributed by atoms with Crippen LogP contribution in [0.5, 0.6) is 0 Å². The summed E-state index contributed by atoms with van der Waals surface area (Å²) in [7, 11) is 1.57. The lowest BCUT2D eigenvalue weighted by atomic mass is 10.1. The molecule has 180 valence electrons. The quantitative estimate of drug-likeness (QED) is 0.435. The van der Waals surface area contributed by atoms with Crippen LogP contribution in [0.1, 0.15) is 51.4 Å². The van der Waals surface area contributed by atoms with E-state index in [-0.39, 0.29) is 18.9 Å². The van der Waals surface area contributed by atoms with Crippen LogP contribution in [0, 0.1) is 13.8 Å². The van der Waals surface area contributed by atoms with Crippen LogP contribution in [-0.4, -0.2) is 53.1 Å². The third-order valence-electron chi connectivity index (χ3n) is 4.64. The van der Waals surface area contributed by atoms with E-state index >= 15 is 0 Å². The number of benzene rings is 1. The number of hydrogen-bond donors (Lipinski definition) is 1. The fraction of sp³-hybridized carbons (Fsp3) is 0.364. The number of nitrogens with zero attached hydrogens (tertiary/aromatic N) is 4. The number of amides is 2. The first-order valence-corrected chi connectivity index (χ1v) is 11.7. The molecular formula is C22H24ClN5O5S. The van der Waals surface area contributed by atoms with Crippen molar-refractivity contribution in [3.63, 3.8) is 0 Å². The molecular weight excluding hydrogens is 482 g/mol. The fourth-order valence-corrected chi connectivity index (χ4v) is 4.08. The average molecular weight is 506 g/mol. The summed E-state index contributed by atoms with van der Waals surface area (Å²) in [4.78, 5) is 47.5. The van der Waals surface area contributed by atoms with Crippen molar-refractivity contribution in [1.82, 2.24) is 20.4 Å². The largest absolute Gasteiger partial charge is 0.461 e. The van der Waals surface area contributed by atoms with E-state index in [2.05, 4.69) is 20.4 Å². The van der Waals surface area contributed by atoms with Gasteiger partial charge in [0.1, 0.15) is 4.88 Å². The summed E-state index contributed by atoms with van der Waals surface area (Å²) in [6.07, 6.45) is 0.752. The number of anilines is 1. The van der Waals surface area contributed by atoms with Crippen molar-refractivity contribution in [2.24, 2.45) is 0 Å². The highest BCUT2D eigenvalue weighted by Crippen LogP contribution is 2.26. The standard InChI is InChI=1S/C22H24ClN5O5S/c1-5-8-32-21(31)18-12(2)25-22(34-18)28(4)17(29)6-7-24-20(30)15-9-14(10-16(23)11-15)19-26-13(3)33-27-19/h9-11H,5-8H2,1-4H3,(H,24,30). The number of nitrogens with one attached hydrogen (secondary N) is 1. The van der Waals surface area contributed by atoms with Crippen molar-refractivity contribution in [2.75, 3.05) is 25.1 Å². The highest BCUT2D eigenvalue weighted by molar-refractivity contribution is 7.17. The molecule has 0 unspecified atom stereocenters. The number of rotatable bonds is 9. The number of aryl methyl sites for hydroxylation is 2. The van der Waals surface area contributed by atoms with Gasteiger partial charge in [0.15, 0.2) is 5.13 Å². The van der Waals surface area contributed by atoms with Gasteiger partial charge in [0.05, 0.1) is 12.3 Å². The van der Waals surface area contributed by atoms with Crippen LogP contribution in [0.25, 0.3) is 11.4 Å². The normalized spacial score (nSPS) is 10.7. The molecule has 2 amide bonds. The Kier molecular flexibility index (Phi) is 8.35. The van der Waals surface area contributed by atoms with Crippen molar-refractivity contribution >= 4 is 45.9 Å². The van der Waals surface area contributed by atoms with Crippen LogP contribution in [0.2, 0.25) is 5.02 Å². The van der Waals surface area contributed by atoms with Crippen LogP contribution in [-0.2, 0) is 9.53 Å². The van der Waals surface area contributed by atoms with E-state index in [0.717, 1.165) is 11.3 Å². The van der Waals surface area contributed by atoms with Gasteiger partial charge in [-0.25, -0.2) is 9.78 Å².